The molecular weight excluding hydrogens is 762 g/mol. The molecule has 0 saturated carbocycles. The number of benzene rings is 1. The fourth-order valence-electron chi connectivity index (χ4n) is 5.01. The number of hydrogen-bond donors (Lipinski definition) is 14. The van der Waals surface area contributed by atoms with Gasteiger partial charge >= 0.3 is 0 Å². The molecule has 17 N–H and O–H groups in total. The SMILES string of the molecule is NC(=O)CC1NC(=O)CNC(=O)[C@@H](CC(N)=O)NC(=O)C(Cc2ccc(O)cc2)NC(=O)C(CO)NC(=O)CCNC(=O)[C@H](CC(N)=O)NC(=O)C(CO)NC1=O. The first-order valence-electron chi connectivity index (χ1n) is 17.0. The van der Waals surface area contributed by atoms with Crippen molar-refractivity contribution in [2.75, 3.05) is 26.3 Å². The van der Waals surface area contributed by atoms with E-state index in [0.717, 1.165) is 0 Å². The number of carbonyl (C=O) groups excluding carboxylic acids is 11. The molecule has 0 aromatic heterocycles. The Morgan fingerprint density at radius 3 is 1.40 bits per heavy atom. The van der Waals surface area contributed by atoms with Gasteiger partial charge in [0.1, 0.15) is 42.0 Å². The second kappa shape index (κ2) is 22.5. The van der Waals surface area contributed by atoms with Gasteiger partial charge in [0.2, 0.25) is 65.0 Å². The number of nitrogens with one attached hydrogen (secondary N) is 8. The Bertz CT molecular complexity index is 1710. The lowest BCUT2D eigenvalue weighted by atomic mass is 10.0. The maximum Gasteiger partial charge on any atom is 0.245 e. The van der Waals surface area contributed by atoms with Crippen molar-refractivity contribution in [1.29, 1.82) is 0 Å². The minimum absolute atomic E-state index is 0.137. The lowest BCUT2D eigenvalue weighted by molar-refractivity contribution is -0.136. The number of aromatic hydroxyl groups is 1. The average Bonchev–Trinajstić information content (AvgIpc) is 3.13. The van der Waals surface area contributed by atoms with Crippen LogP contribution < -0.4 is 59.7 Å². The van der Waals surface area contributed by atoms with E-state index < -0.39 is 153 Å². The van der Waals surface area contributed by atoms with Crippen LogP contribution in [0.3, 0.4) is 0 Å². The third kappa shape index (κ3) is 16.2. The monoisotopic (exact) mass is 807 g/mol. The van der Waals surface area contributed by atoms with Gasteiger partial charge in [-0.25, -0.2) is 0 Å². The number of nitrogens with two attached hydrogens (primary N) is 3. The van der Waals surface area contributed by atoms with Crippen LogP contribution in [0.25, 0.3) is 0 Å². The molecular formula is C32H45N11O14. The van der Waals surface area contributed by atoms with Gasteiger partial charge in [0, 0.05) is 19.4 Å². The Morgan fingerprint density at radius 2 is 0.912 bits per heavy atom. The van der Waals surface area contributed by atoms with Gasteiger partial charge in [0.05, 0.1) is 39.0 Å². The van der Waals surface area contributed by atoms with Crippen LogP contribution in [-0.2, 0) is 59.2 Å². The van der Waals surface area contributed by atoms with Gasteiger partial charge in [-0.3, -0.25) is 52.7 Å². The van der Waals surface area contributed by atoms with Gasteiger partial charge in [-0.2, -0.15) is 0 Å². The lowest BCUT2D eigenvalue weighted by Gasteiger charge is -2.25. The molecule has 1 aromatic rings. The van der Waals surface area contributed by atoms with Crippen molar-refractivity contribution < 1.29 is 68.1 Å². The zero-order valence-corrected chi connectivity index (χ0v) is 30.2. The van der Waals surface area contributed by atoms with Crippen LogP contribution in [0.4, 0.5) is 0 Å². The summed E-state index contributed by atoms with van der Waals surface area (Å²) in [7, 11) is 0. The molecule has 11 amide bonds. The third-order valence-electron chi connectivity index (χ3n) is 7.87. The molecule has 0 aliphatic carbocycles. The molecule has 1 aliphatic heterocycles. The van der Waals surface area contributed by atoms with Crippen LogP contribution >= 0.6 is 0 Å². The first-order valence-corrected chi connectivity index (χ1v) is 17.0. The lowest BCUT2D eigenvalue weighted by Crippen LogP contribution is -2.59. The van der Waals surface area contributed by atoms with E-state index in [9.17, 15) is 68.1 Å². The van der Waals surface area contributed by atoms with Crippen LogP contribution in [0.1, 0.15) is 31.2 Å². The summed E-state index contributed by atoms with van der Waals surface area (Å²) in [6.45, 7) is -3.54. The average molecular weight is 808 g/mol. The number of aliphatic hydroxyl groups is 2. The van der Waals surface area contributed by atoms with Gasteiger partial charge in [-0.15, -0.1) is 0 Å². The maximum absolute atomic E-state index is 13.6. The Hall–Kier alpha value is -6.89. The minimum Gasteiger partial charge on any atom is -0.508 e. The molecule has 1 aliphatic rings. The van der Waals surface area contributed by atoms with Crippen molar-refractivity contribution in [3.63, 3.8) is 0 Å². The number of phenols is 1. The topological polar surface area (TPSA) is 423 Å². The Morgan fingerprint density at radius 1 is 0.526 bits per heavy atom. The number of phenolic OH excluding ortho intramolecular Hbond substituents is 1. The van der Waals surface area contributed by atoms with Crippen LogP contribution in [0, 0.1) is 0 Å². The second-order valence-corrected chi connectivity index (χ2v) is 12.5. The van der Waals surface area contributed by atoms with E-state index in [4.69, 9.17) is 17.2 Å². The van der Waals surface area contributed by atoms with Gasteiger partial charge in [-0.1, -0.05) is 12.1 Å². The van der Waals surface area contributed by atoms with Crippen molar-refractivity contribution >= 4 is 65.0 Å². The molecule has 1 fully saturated rings. The zero-order chi connectivity index (χ0) is 42.8. The summed E-state index contributed by atoms with van der Waals surface area (Å²) in [6, 6.07) is -5.10. The van der Waals surface area contributed by atoms with Crippen molar-refractivity contribution in [3.8, 4) is 5.75 Å². The van der Waals surface area contributed by atoms with Gasteiger partial charge in [0.25, 0.3) is 0 Å². The number of carbonyl (C=O) groups is 11. The maximum atomic E-state index is 13.6. The molecule has 2 rings (SSSR count). The fourth-order valence-corrected chi connectivity index (χ4v) is 5.01. The van der Waals surface area contributed by atoms with E-state index in [1.165, 1.54) is 24.3 Å². The second-order valence-electron chi connectivity index (χ2n) is 12.5. The molecule has 1 heterocycles. The van der Waals surface area contributed by atoms with Crippen molar-refractivity contribution in [2.24, 2.45) is 17.2 Å². The van der Waals surface area contributed by atoms with E-state index in [1.807, 2.05) is 5.32 Å². The van der Waals surface area contributed by atoms with Crippen LogP contribution in [-0.4, -0.2) is 143 Å². The number of hydrogen-bond acceptors (Lipinski definition) is 14. The molecule has 0 radical (unpaired) electrons. The summed E-state index contributed by atoms with van der Waals surface area (Å²) in [5.74, 6) is -12.4. The van der Waals surface area contributed by atoms with Gasteiger partial charge < -0.3 is 75.1 Å². The van der Waals surface area contributed by atoms with E-state index in [0.29, 0.717) is 5.56 Å². The van der Waals surface area contributed by atoms with E-state index >= 15 is 0 Å². The van der Waals surface area contributed by atoms with Crippen LogP contribution in [0.15, 0.2) is 24.3 Å². The molecule has 57 heavy (non-hydrogen) atoms. The van der Waals surface area contributed by atoms with Gasteiger partial charge in [0.15, 0.2) is 0 Å². The molecule has 1 aromatic carbocycles. The molecule has 25 heteroatoms. The Labute approximate surface area is 322 Å². The van der Waals surface area contributed by atoms with Crippen LogP contribution in [0.2, 0.25) is 0 Å². The highest BCUT2D eigenvalue weighted by Gasteiger charge is 2.33. The molecule has 312 valence electrons. The predicted molar refractivity (Wildman–Crippen MR) is 190 cm³/mol. The highest BCUT2D eigenvalue weighted by molar-refractivity contribution is 5.99. The first kappa shape index (κ1) is 46.3. The highest BCUT2D eigenvalue weighted by Crippen LogP contribution is 2.12. The quantitative estimate of drug-likeness (QED) is 0.104. The van der Waals surface area contributed by atoms with Crippen molar-refractivity contribution in [3.05, 3.63) is 29.8 Å². The predicted octanol–water partition coefficient (Wildman–Crippen LogP) is -8.91. The fraction of sp³-hybridized carbons (Fsp3) is 0.469. The number of rotatable bonds is 10. The minimum atomic E-state index is -1.86. The Balaban J connectivity index is 2.51. The largest absolute Gasteiger partial charge is 0.508 e. The first-order chi connectivity index (χ1) is 26.8. The normalized spacial score (nSPS) is 24.0. The van der Waals surface area contributed by atoms with E-state index in [-0.39, 0.29) is 12.2 Å². The van der Waals surface area contributed by atoms with Crippen molar-refractivity contribution in [2.45, 2.75) is 68.4 Å². The van der Waals surface area contributed by atoms with Crippen LogP contribution in [0.5, 0.6) is 5.75 Å². The molecule has 6 atom stereocenters. The summed E-state index contributed by atoms with van der Waals surface area (Å²) in [6.07, 6.45) is -3.35. The highest BCUT2D eigenvalue weighted by atomic mass is 16.3. The number of primary amides is 3. The van der Waals surface area contributed by atoms with Gasteiger partial charge in [-0.05, 0) is 17.7 Å². The van der Waals surface area contributed by atoms with E-state index in [1.54, 1.807) is 0 Å². The molecule has 0 spiro atoms. The summed E-state index contributed by atoms with van der Waals surface area (Å²) >= 11 is 0. The third-order valence-corrected chi connectivity index (χ3v) is 7.87. The van der Waals surface area contributed by atoms with Crippen molar-refractivity contribution in [1.82, 2.24) is 42.5 Å². The standard InChI is InChI=1S/C32H45N11O14/c33-22(47)8-17-27(52)36-6-5-25(50)39-20(12-44)31(56)40-16(7-14-1-3-15(46)4-2-14)29(54)41-18(9-23(34)48)28(53)37-11-26(51)38-19(10-24(35)49)30(55)43-21(13-45)32(57)42-17/h1-4,16-21,44-46H,5-13H2,(H2,33,47)(H2,34,48)(H2,35,49)(H,36,52)(H,37,53)(H,38,51)(H,39,50)(H,40,56)(H,41,54)(H,42,57)(H,43,55)/t16?,17-,18+,19?,20?,21?/m0/s1. The molecule has 4 unspecified atom stereocenters. The molecule has 0 bridgehead atoms. The summed E-state index contributed by atoms with van der Waals surface area (Å²) < 4.78 is 0. The molecule has 25 nitrogen and oxygen atoms in total. The number of amides is 11. The molecule has 1 saturated heterocycles. The summed E-state index contributed by atoms with van der Waals surface area (Å²) in [4.78, 5) is 140. The zero-order valence-electron chi connectivity index (χ0n) is 30.2. The Kier molecular flexibility index (Phi) is 18.2. The summed E-state index contributed by atoms with van der Waals surface area (Å²) in [5, 5.41) is 46.8. The smallest absolute Gasteiger partial charge is 0.245 e. The van der Waals surface area contributed by atoms with E-state index in [2.05, 4.69) is 37.2 Å². The number of aliphatic hydroxyl groups excluding tert-OH is 2. The summed E-state index contributed by atoms with van der Waals surface area (Å²) in [5.41, 5.74) is 16.0.